The van der Waals surface area contributed by atoms with Crippen molar-refractivity contribution < 1.29 is 18.3 Å². The highest BCUT2D eigenvalue weighted by atomic mass is 35.5. The van der Waals surface area contributed by atoms with Crippen LogP contribution < -0.4 is 14.8 Å². The summed E-state index contributed by atoms with van der Waals surface area (Å²) in [7, 11) is 1.39. The lowest BCUT2D eigenvalue weighted by atomic mass is 10.2. The number of benzene rings is 1. The number of nitrogens with one attached hydrogen (secondary N) is 1. The maximum absolute atomic E-state index is 12.3. The van der Waals surface area contributed by atoms with Gasteiger partial charge in [-0.3, -0.25) is 0 Å². The van der Waals surface area contributed by atoms with Gasteiger partial charge >= 0.3 is 6.61 Å². The molecule has 0 spiro atoms. The lowest BCUT2D eigenvalue weighted by Crippen LogP contribution is -2.05. The second-order valence-corrected chi connectivity index (χ2v) is 4.47. The molecule has 0 unspecified atom stereocenters. The van der Waals surface area contributed by atoms with Gasteiger partial charge in [-0.2, -0.15) is 8.78 Å². The second-order valence-electron chi connectivity index (χ2n) is 4.08. The van der Waals surface area contributed by atoms with E-state index in [9.17, 15) is 8.78 Å². The number of anilines is 1. The fourth-order valence-electron chi connectivity index (χ4n) is 1.74. The highest BCUT2D eigenvalue weighted by Gasteiger charge is 2.11. The summed E-state index contributed by atoms with van der Waals surface area (Å²) in [4.78, 5) is 3.87. The van der Waals surface area contributed by atoms with Crippen LogP contribution in [0, 0.1) is 0 Å². The molecule has 0 aliphatic heterocycles. The number of ether oxygens (including phenoxy) is 2. The molecule has 1 heterocycles. The molecule has 1 N–H and O–H groups in total. The third kappa shape index (κ3) is 4.46. The van der Waals surface area contributed by atoms with Crippen LogP contribution in [0.4, 0.5) is 14.5 Å². The lowest BCUT2D eigenvalue weighted by Gasteiger charge is -2.12. The molecule has 0 amide bonds. The number of aromatic nitrogens is 1. The van der Waals surface area contributed by atoms with Gasteiger partial charge in [0.2, 0.25) is 0 Å². The molecule has 2 aromatic rings. The minimum Gasteiger partial charge on any atom is -0.493 e. The smallest absolute Gasteiger partial charge is 0.387 e. The lowest BCUT2D eigenvalue weighted by molar-refractivity contribution is -0.0512. The topological polar surface area (TPSA) is 43.4 Å². The van der Waals surface area contributed by atoms with Gasteiger partial charge in [0.1, 0.15) is 5.15 Å². The Morgan fingerprint density at radius 3 is 2.71 bits per heavy atom. The molecule has 0 aliphatic rings. The van der Waals surface area contributed by atoms with Crippen molar-refractivity contribution in [2.24, 2.45) is 0 Å². The van der Waals surface area contributed by atoms with Gasteiger partial charge in [-0.25, -0.2) is 4.98 Å². The molecular formula is C14H13ClF2N2O2. The Bertz CT molecular complexity index is 611. The Balaban J connectivity index is 2.09. The first-order valence-electron chi connectivity index (χ1n) is 6.05. The van der Waals surface area contributed by atoms with Crippen LogP contribution >= 0.6 is 11.6 Å². The maximum Gasteiger partial charge on any atom is 0.387 e. The summed E-state index contributed by atoms with van der Waals surface area (Å²) in [6.07, 6.45) is 1.57. The van der Waals surface area contributed by atoms with Crippen LogP contribution in [0.2, 0.25) is 5.15 Å². The average molecular weight is 315 g/mol. The van der Waals surface area contributed by atoms with Gasteiger partial charge in [-0.1, -0.05) is 17.7 Å². The van der Waals surface area contributed by atoms with Crippen molar-refractivity contribution in [3.8, 4) is 11.5 Å². The van der Waals surface area contributed by atoms with Gasteiger partial charge in [-0.05, 0) is 29.8 Å². The molecule has 0 bridgehead atoms. The second kappa shape index (κ2) is 7.08. The van der Waals surface area contributed by atoms with Gasteiger partial charge < -0.3 is 14.8 Å². The Morgan fingerprint density at radius 2 is 2.05 bits per heavy atom. The maximum atomic E-state index is 12.3. The van der Waals surface area contributed by atoms with Crippen molar-refractivity contribution in [1.82, 2.24) is 4.98 Å². The van der Waals surface area contributed by atoms with Crippen LogP contribution in [0.1, 0.15) is 5.56 Å². The number of hydrogen-bond donors (Lipinski definition) is 1. The van der Waals surface area contributed by atoms with Crippen LogP contribution in [0.3, 0.4) is 0 Å². The minimum atomic E-state index is -2.90. The summed E-state index contributed by atoms with van der Waals surface area (Å²) in [6, 6.07) is 8.26. The summed E-state index contributed by atoms with van der Waals surface area (Å²) in [5.74, 6) is 0.255. The number of alkyl halides is 2. The quantitative estimate of drug-likeness (QED) is 0.820. The van der Waals surface area contributed by atoms with Crippen molar-refractivity contribution in [2.45, 2.75) is 13.2 Å². The zero-order chi connectivity index (χ0) is 15.2. The number of rotatable bonds is 6. The molecular weight excluding hydrogens is 302 g/mol. The van der Waals surface area contributed by atoms with Gasteiger partial charge in [0.25, 0.3) is 0 Å². The molecule has 0 saturated carbocycles. The summed E-state index contributed by atoms with van der Waals surface area (Å²) >= 11 is 5.78. The van der Waals surface area contributed by atoms with Crippen LogP contribution in [0.25, 0.3) is 0 Å². The van der Waals surface area contributed by atoms with Crippen molar-refractivity contribution in [1.29, 1.82) is 0 Å². The predicted molar refractivity (Wildman–Crippen MR) is 76.2 cm³/mol. The van der Waals surface area contributed by atoms with E-state index >= 15 is 0 Å². The van der Waals surface area contributed by atoms with Gasteiger partial charge in [0.05, 0.1) is 7.11 Å². The first-order chi connectivity index (χ1) is 10.1. The molecule has 4 nitrogen and oxygen atoms in total. The first-order valence-corrected chi connectivity index (χ1v) is 6.43. The van der Waals surface area contributed by atoms with Crippen molar-refractivity contribution in [2.75, 3.05) is 12.4 Å². The molecule has 112 valence electrons. The Labute approximate surface area is 125 Å². The number of hydrogen-bond acceptors (Lipinski definition) is 4. The summed E-state index contributed by atoms with van der Waals surface area (Å²) < 4.78 is 34.1. The molecule has 7 heteroatoms. The van der Waals surface area contributed by atoms with Crippen molar-refractivity contribution in [3.05, 3.63) is 47.2 Å². The first kappa shape index (κ1) is 15.3. The molecule has 0 atom stereocenters. The Kier molecular flexibility index (Phi) is 5.16. The summed E-state index contributed by atoms with van der Waals surface area (Å²) in [5, 5.41) is 3.48. The molecule has 0 saturated heterocycles. The van der Waals surface area contributed by atoms with E-state index in [4.69, 9.17) is 16.3 Å². The van der Waals surface area contributed by atoms with Crippen LogP contribution in [0.5, 0.6) is 11.5 Å². The average Bonchev–Trinajstić information content (AvgIpc) is 2.45. The third-order valence-corrected chi connectivity index (χ3v) is 2.87. The summed E-state index contributed by atoms with van der Waals surface area (Å²) in [6.45, 7) is -2.48. The SMILES string of the molecule is COc1ccc(CNc2ccnc(Cl)c2)cc1OC(F)F. The zero-order valence-electron chi connectivity index (χ0n) is 11.1. The minimum absolute atomic E-state index is 0.000407. The van der Waals surface area contributed by atoms with E-state index in [1.165, 1.54) is 13.2 Å². The molecule has 1 aromatic carbocycles. The van der Waals surface area contributed by atoms with E-state index in [0.29, 0.717) is 11.7 Å². The molecule has 2 rings (SSSR count). The van der Waals surface area contributed by atoms with Gasteiger partial charge in [0.15, 0.2) is 11.5 Å². The number of halogens is 3. The van der Waals surface area contributed by atoms with Crippen LogP contribution in [-0.2, 0) is 6.54 Å². The largest absolute Gasteiger partial charge is 0.493 e. The van der Waals surface area contributed by atoms with E-state index < -0.39 is 6.61 Å². The monoisotopic (exact) mass is 314 g/mol. The Morgan fingerprint density at radius 1 is 1.24 bits per heavy atom. The highest BCUT2D eigenvalue weighted by molar-refractivity contribution is 6.29. The van der Waals surface area contributed by atoms with Crippen LogP contribution in [0.15, 0.2) is 36.5 Å². The third-order valence-electron chi connectivity index (χ3n) is 2.67. The van der Waals surface area contributed by atoms with E-state index in [-0.39, 0.29) is 11.5 Å². The fourth-order valence-corrected chi connectivity index (χ4v) is 1.91. The fraction of sp³-hybridized carbons (Fsp3) is 0.214. The summed E-state index contributed by atoms with van der Waals surface area (Å²) in [5.41, 5.74) is 1.54. The number of nitrogens with zero attached hydrogens (tertiary/aromatic N) is 1. The zero-order valence-corrected chi connectivity index (χ0v) is 11.9. The van der Waals surface area contributed by atoms with E-state index in [1.807, 2.05) is 0 Å². The Hall–Kier alpha value is -2.08. The molecule has 21 heavy (non-hydrogen) atoms. The normalized spacial score (nSPS) is 10.5. The standard InChI is InChI=1S/C14H13ClF2N2O2/c1-20-11-3-2-9(6-12(11)21-14(16)17)8-19-10-4-5-18-13(15)7-10/h2-7,14H,8H2,1H3,(H,18,19). The van der Waals surface area contributed by atoms with E-state index in [0.717, 1.165) is 11.3 Å². The highest BCUT2D eigenvalue weighted by Crippen LogP contribution is 2.29. The number of pyridine rings is 1. The van der Waals surface area contributed by atoms with Gasteiger partial charge in [-0.15, -0.1) is 0 Å². The predicted octanol–water partition coefficient (Wildman–Crippen LogP) is 3.96. The molecule has 1 aromatic heterocycles. The van der Waals surface area contributed by atoms with Crippen LogP contribution in [-0.4, -0.2) is 18.7 Å². The van der Waals surface area contributed by atoms with Crippen molar-refractivity contribution in [3.63, 3.8) is 0 Å². The van der Waals surface area contributed by atoms with E-state index in [2.05, 4.69) is 15.0 Å². The number of methoxy groups -OCH3 is 1. The van der Waals surface area contributed by atoms with Crippen molar-refractivity contribution >= 4 is 17.3 Å². The molecule has 0 radical (unpaired) electrons. The molecule has 0 aliphatic carbocycles. The van der Waals surface area contributed by atoms with Gasteiger partial charge in [0, 0.05) is 18.4 Å². The van der Waals surface area contributed by atoms with E-state index in [1.54, 1.807) is 30.5 Å². The molecule has 0 fully saturated rings.